The molecule has 0 aliphatic heterocycles. The summed E-state index contributed by atoms with van der Waals surface area (Å²) in [5, 5.41) is 8.93. The molecule has 1 aromatic carbocycles. The third-order valence-electron chi connectivity index (χ3n) is 4.34. The smallest absolute Gasteiger partial charge is 0.305 e. The molecule has 2 rings (SSSR count). The zero-order valence-electron chi connectivity index (χ0n) is 12.5. The molecule has 114 valence electrons. The number of carboxylic acid groups (broad SMARTS) is 1. The normalized spacial score (nSPS) is 17.2. The largest absolute Gasteiger partial charge is 0.481 e. The Morgan fingerprint density at radius 2 is 1.76 bits per heavy atom. The van der Waals surface area contributed by atoms with Crippen LogP contribution in [0.5, 0.6) is 0 Å². The fraction of sp³-hybridized carbons (Fsp3) is 0.529. The summed E-state index contributed by atoms with van der Waals surface area (Å²) in [7, 11) is 0. The fourth-order valence-electron chi connectivity index (χ4n) is 3.04. The second-order valence-electron chi connectivity index (χ2n) is 6.06. The van der Waals surface area contributed by atoms with Gasteiger partial charge >= 0.3 is 5.97 Å². The van der Waals surface area contributed by atoms with E-state index in [1.54, 1.807) is 4.90 Å². The number of carbonyl (C=O) groups excluding carboxylic acids is 1. The standard InChI is InChI=1S/C17H23NO3/c1-17(11-6-3-7-12-17)16(21)18(13-10-15(19)20)14-8-4-2-5-9-14/h2,4-5,8-9H,3,6-7,10-13H2,1H3,(H,19,20). The van der Waals surface area contributed by atoms with E-state index in [4.69, 9.17) is 5.11 Å². The van der Waals surface area contributed by atoms with Gasteiger partial charge in [-0.15, -0.1) is 0 Å². The minimum atomic E-state index is -0.877. The van der Waals surface area contributed by atoms with Crippen LogP contribution in [0.15, 0.2) is 30.3 Å². The molecule has 0 aromatic heterocycles. The summed E-state index contributed by atoms with van der Waals surface area (Å²) in [6.45, 7) is 2.25. The Balaban J connectivity index is 2.21. The van der Waals surface area contributed by atoms with E-state index in [-0.39, 0.29) is 24.3 Å². The molecule has 1 aliphatic rings. The maximum Gasteiger partial charge on any atom is 0.305 e. The zero-order chi connectivity index (χ0) is 15.3. The first-order valence-corrected chi connectivity index (χ1v) is 7.62. The number of hydrogen-bond acceptors (Lipinski definition) is 2. The number of anilines is 1. The van der Waals surface area contributed by atoms with Crippen LogP contribution in [0, 0.1) is 5.41 Å². The van der Waals surface area contributed by atoms with Gasteiger partial charge in [0.15, 0.2) is 0 Å². The lowest BCUT2D eigenvalue weighted by Crippen LogP contribution is -2.44. The van der Waals surface area contributed by atoms with E-state index in [9.17, 15) is 9.59 Å². The molecule has 1 aromatic rings. The molecular formula is C17H23NO3. The maximum atomic E-state index is 13.0. The van der Waals surface area contributed by atoms with Crippen LogP contribution in [0.1, 0.15) is 45.4 Å². The summed E-state index contributed by atoms with van der Waals surface area (Å²) >= 11 is 0. The van der Waals surface area contributed by atoms with Gasteiger partial charge in [0.2, 0.25) is 5.91 Å². The monoisotopic (exact) mass is 289 g/mol. The first kappa shape index (κ1) is 15.5. The molecule has 4 heteroatoms. The van der Waals surface area contributed by atoms with Crippen LogP contribution in [-0.4, -0.2) is 23.5 Å². The van der Waals surface area contributed by atoms with E-state index >= 15 is 0 Å². The molecule has 0 radical (unpaired) electrons. The summed E-state index contributed by atoms with van der Waals surface area (Å²) in [4.78, 5) is 25.5. The van der Waals surface area contributed by atoms with E-state index in [1.165, 1.54) is 6.42 Å². The number of benzene rings is 1. The molecule has 1 N–H and O–H groups in total. The molecule has 0 saturated heterocycles. The number of nitrogens with zero attached hydrogens (tertiary/aromatic N) is 1. The Bertz CT molecular complexity index is 492. The number of carbonyl (C=O) groups is 2. The van der Waals surface area contributed by atoms with Gasteiger partial charge in [-0.05, 0) is 25.0 Å². The lowest BCUT2D eigenvalue weighted by atomic mass is 9.74. The van der Waals surface area contributed by atoms with Gasteiger partial charge < -0.3 is 10.0 Å². The van der Waals surface area contributed by atoms with E-state index in [0.717, 1.165) is 31.4 Å². The molecule has 21 heavy (non-hydrogen) atoms. The number of carboxylic acids is 1. The van der Waals surface area contributed by atoms with Crippen LogP contribution in [0.3, 0.4) is 0 Å². The van der Waals surface area contributed by atoms with E-state index in [0.29, 0.717) is 0 Å². The van der Waals surface area contributed by atoms with Crippen molar-refractivity contribution in [2.45, 2.75) is 45.4 Å². The van der Waals surface area contributed by atoms with E-state index in [1.807, 2.05) is 37.3 Å². The highest BCUT2D eigenvalue weighted by atomic mass is 16.4. The van der Waals surface area contributed by atoms with Crippen LogP contribution in [0.4, 0.5) is 5.69 Å². The van der Waals surface area contributed by atoms with Crippen LogP contribution in [0.2, 0.25) is 0 Å². The van der Waals surface area contributed by atoms with Gasteiger partial charge in [0.25, 0.3) is 0 Å². The quantitative estimate of drug-likeness (QED) is 0.903. The maximum absolute atomic E-state index is 13.0. The number of amides is 1. The van der Waals surface area contributed by atoms with Crippen LogP contribution in [0.25, 0.3) is 0 Å². The van der Waals surface area contributed by atoms with Crippen molar-refractivity contribution in [2.75, 3.05) is 11.4 Å². The summed E-state index contributed by atoms with van der Waals surface area (Å²) in [6.07, 6.45) is 5.08. The average Bonchev–Trinajstić information content (AvgIpc) is 2.49. The Morgan fingerprint density at radius 3 is 2.33 bits per heavy atom. The van der Waals surface area contributed by atoms with Gasteiger partial charge in [0.1, 0.15) is 0 Å². The molecule has 1 fully saturated rings. The highest BCUT2D eigenvalue weighted by Gasteiger charge is 2.38. The van der Waals surface area contributed by atoms with E-state index < -0.39 is 5.97 Å². The predicted molar refractivity (Wildman–Crippen MR) is 82.2 cm³/mol. The van der Waals surface area contributed by atoms with Gasteiger partial charge in [0.05, 0.1) is 6.42 Å². The summed E-state index contributed by atoms with van der Waals surface area (Å²) < 4.78 is 0. The SMILES string of the molecule is CC1(C(=O)N(CCC(=O)O)c2ccccc2)CCCCC1. The van der Waals surface area contributed by atoms with Crippen LogP contribution >= 0.6 is 0 Å². The Kier molecular flexibility index (Phi) is 4.99. The molecule has 0 unspecified atom stereocenters. The van der Waals surface area contributed by atoms with Gasteiger partial charge in [-0.3, -0.25) is 9.59 Å². The molecule has 0 heterocycles. The lowest BCUT2D eigenvalue weighted by Gasteiger charge is -2.37. The molecular weight excluding hydrogens is 266 g/mol. The summed E-state index contributed by atoms with van der Waals surface area (Å²) in [6, 6.07) is 9.38. The minimum absolute atomic E-state index is 0.0310. The summed E-state index contributed by atoms with van der Waals surface area (Å²) in [5.41, 5.74) is 0.433. The first-order chi connectivity index (χ1) is 10.0. The second kappa shape index (κ2) is 6.74. The Labute approximate surface area is 125 Å². The number of para-hydroxylation sites is 1. The van der Waals surface area contributed by atoms with Crippen molar-refractivity contribution in [3.8, 4) is 0 Å². The average molecular weight is 289 g/mol. The Hall–Kier alpha value is -1.84. The van der Waals surface area contributed by atoms with Gasteiger partial charge in [-0.2, -0.15) is 0 Å². The topological polar surface area (TPSA) is 57.6 Å². The fourth-order valence-corrected chi connectivity index (χ4v) is 3.04. The van der Waals surface area contributed by atoms with Crippen molar-refractivity contribution in [2.24, 2.45) is 5.41 Å². The molecule has 1 amide bonds. The Morgan fingerprint density at radius 1 is 1.14 bits per heavy atom. The third-order valence-corrected chi connectivity index (χ3v) is 4.34. The van der Waals surface area contributed by atoms with Crippen molar-refractivity contribution in [1.82, 2.24) is 0 Å². The molecule has 0 bridgehead atoms. The van der Waals surface area contributed by atoms with Crippen LogP contribution < -0.4 is 4.90 Å². The minimum Gasteiger partial charge on any atom is -0.481 e. The first-order valence-electron chi connectivity index (χ1n) is 7.62. The highest BCUT2D eigenvalue weighted by Crippen LogP contribution is 2.38. The molecule has 0 atom stereocenters. The number of aliphatic carboxylic acids is 1. The van der Waals surface area contributed by atoms with Gasteiger partial charge in [-0.25, -0.2) is 0 Å². The van der Waals surface area contributed by atoms with Crippen molar-refractivity contribution in [1.29, 1.82) is 0 Å². The van der Waals surface area contributed by atoms with Crippen molar-refractivity contribution in [3.05, 3.63) is 30.3 Å². The molecule has 4 nitrogen and oxygen atoms in total. The van der Waals surface area contributed by atoms with Gasteiger partial charge in [-0.1, -0.05) is 44.4 Å². The van der Waals surface area contributed by atoms with E-state index in [2.05, 4.69) is 0 Å². The van der Waals surface area contributed by atoms with Crippen molar-refractivity contribution in [3.63, 3.8) is 0 Å². The molecule has 1 saturated carbocycles. The predicted octanol–water partition coefficient (Wildman–Crippen LogP) is 3.46. The third kappa shape index (κ3) is 3.84. The highest BCUT2D eigenvalue weighted by molar-refractivity contribution is 5.97. The second-order valence-corrected chi connectivity index (χ2v) is 6.06. The zero-order valence-corrected chi connectivity index (χ0v) is 12.5. The molecule has 1 aliphatic carbocycles. The lowest BCUT2D eigenvalue weighted by molar-refractivity contribution is -0.136. The van der Waals surface area contributed by atoms with Crippen molar-refractivity contribution >= 4 is 17.6 Å². The molecule has 0 spiro atoms. The van der Waals surface area contributed by atoms with Crippen molar-refractivity contribution < 1.29 is 14.7 Å². The number of hydrogen-bond donors (Lipinski definition) is 1. The number of rotatable bonds is 5. The summed E-state index contributed by atoms with van der Waals surface area (Å²) in [5.74, 6) is -0.813. The van der Waals surface area contributed by atoms with Crippen LogP contribution in [-0.2, 0) is 9.59 Å². The van der Waals surface area contributed by atoms with Gasteiger partial charge in [0, 0.05) is 17.6 Å².